The molecule has 0 aliphatic rings. The van der Waals surface area contributed by atoms with Crippen LogP contribution in [0.1, 0.15) is 0 Å². The third-order valence-corrected chi connectivity index (χ3v) is 3.25. The summed E-state index contributed by atoms with van der Waals surface area (Å²) in [4.78, 5) is -0.0497. The van der Waals surface area contributed by atoms with Gasteiger partial charge in [0.2, 0.25) is 10.0 Å². The van der Waals surface area contributed by atoms with Crippen LogP contribution in [0, 0.1) is 0 Å². The van der Waals surface area contributed by atoms with Crippen molar-refractivity contribution in [3.63, 3.8) is 0 Å². The van der Waals surface area contributed by atoms with Gasteiger partial charge in [-0.2, -0.15) is 5.10 Å². The van der Waals surface area contributed by atoms with E-state index in [1.807, 2.05) is 0 Å². The van der Waals surface area contributed by atoms with Crippen LogP contribution in [0.15, 0.2) is 35.5 Å². The smallest absolute Gasteiger partial charge is 0.240 e. The topological polar surface area (TPSA) is 116 Å². The number of aryl methyl sites for hydroxylation is 1. The third kappa shape index (κ3) is 2.60. The summed E-state index contributed by atoms with van der Waals surface area (Å²) in [5.41, 5.74) is 6.91. The molecule has 2 rings (SSSR count). The Hall–Kier alpha value is -2.06. The fourth-order valence-corrected chi connectivity index (χ4v) is 2.24. The minimum atomic E-state index is -3.84. The van der Waals surface area contributed by atoms with E-state index in [0.29, 0.717) is 17.1 Å². The van der Waals surface area contributed by atoms with Crippen LogP contribution in [-0.2, 0) is 17.1 Å². The molecule has 0 spiro atoms. The largest absolute Gasteiger partial charge is 0.399 e. The number of nitrogens with zero attached hydrogens (tertiary/aromatic N) is 2. The van der Waals surface area contributed by atoms with Gasteiger partial charge in [0.15, 0.2) is 0 Å². The zero-order valence-corrected chi connectivity index (χ0v) is 10.5. The lowest BCUT2D eigenvalue weighted by Gasteiger charge is -2.09. The summed E-state index contributed by atoms with van der Waals surface area (Å²) in [5.74, 6) is 0. The fraction of sp³-hybridized carbons (Fsp3) is 0.100. The Kier molecular flexibility index (Phi) is 2.97. The Morgan fingerprint density at radius 1 is 1.39 bits per heavy atom. The molecule has 0 radical (unpaired) electrons. The van der Waals surface area contributed by atoms with E-state index in [1.165, 1.54) is 6.07 Å². The predicted molar refractivity (Wildman–Crippen MR) is 68.7 cm³/mol. The van der Waals surface area contributed by atoms with Crippen molar-refractivity contribution in [2.75, 3.05) is 11.1 Å². The van der Waals surface area contributed by atoms with E-state index in [0.717, 1.165) is 0 Å². The molecular formula is C10H13N5O2S. The standard InChI is InChI=1S/C10H13N5O2S/c1-15-6-8(5-13-15)14-9-3-2-7(11)4-10(9)18(12,16)17/h2-6,14H,11H2,1H3,(H2,12,16,17). The molecule has 1 heterocycles. The molecule has 1 aromatic carbocycles. The van der Waals surface area contributed by atoms with Crippen molar-refractivity contribution in [2.45, 2.75) is 4.90 Å². The van der Waals surface area contributed by atoms with Gasteiger partial charge in [-0.05, 0) is 18.2 Å². The van der Waals surface area contributed by atoms with Crippen molar-refractivity contribution >= 4 is 27.1 Å². The first-order valence-corrected chi connectivity index (χ1v) is 6.59. The Balaban J connectivity index is 2.45. The van der Waals surface area contributed by atoms with Gasteiger partial charge in [0.25, 0.3) is 0 Å². The molecule has 8 heteroatoms. The molecule has 2 aromatic rings. The molecule has 0 amide bonds. The van der Waals surface area contributed by atoms with Crippen molar-refractivity contribution < 1.29 is 8.42 Å². The molecule has 0 saturated carbocycles. The summed E-state index contributed by atoms with van der Waals surface area (Å²) in [6.45, 7) is 0. The number of anilines is 3. The van der Waals surface area contributed by atoms with Gasteiger partial charge in [0, 0.05) is 18.9 Å². The minimum absolute atomic E-state index is 0.0497. The van der Waals surface area contributed by atoms with Crippen LogP contribution >= 0.6 is 0 Å². The second-order valence-electron chi connectivity index (χ2n) is 3.83. The minimum Gasteiger partial charge on any atom is -0.399 e. The molecule has 96 valence electrons. The molecule has 5 N–H and O–H groups in total. The lowest BCUT2D eigenvalue weighted by Crippen LogP contribution is -2.14. The molecule has 0 saturated heterocycles. The van der Waals surface area contributed by atoms with Crippen molar-refractivity contribution in [1.82, 2.24) is 9.78 Å². The highest BCUT2D eigenvalue weighted by Gasteiger charge is 2.14. The zero-order chi connectivity index (χ0) is 13.3. The van der Waals surface area contributed by atoms with Crippen LogP contribution in [-0.4, -0.2) is 18.2 Å². The fourth-order valence-electron chi connectivity index (χ4n) is 1.52. The second-order valence-corrected chi connectivity index (χ2v) is 5.36. The highest BCUT2D eigenvalue weighted by molar-refractivity contribution is 7.89. The maximum absolute atomic E-state index is 11.5. The highest BCUT2D eigenvalue weighted by Crippen LogP contribution is 2.25. The first-order chi connectivity index (χ1) is 8.36. The summed E-state index contributed by atoms with van der Waals surface area (Å²) < 4.78 is 24.5. The van der Waals surface area contributed by atoms with Crippen LogP contribution in [0.5, 0.6) is 0 Å². The lowest BCUT2D eigenvalue weighted by atomic mass is 10.3. The van der Waals surface area contributed by atoms with E-state index >= 15 is 0 Å². The average molecular weight is 267 g/mol. The molecule has 18 heavy (non-hydrogen) atoms. The first-order valence-electron chi connectivity index (χ1n) is 5.04. The molecular weight excluding hydrogens is 254 g/mol. The van der Waals surface area contributed by atoms with E-state index < -0.39 is 10.0 Å². The summed E-state index contributed by atoms with van der Waals surface area (Å²) in [7, 11) is -2.08. The van der Waals surface area contributed by atoms with Crippen LogP contribution < -0.4 is 16.2 Å². The Morgan fingerprint density at radius 2 is 2.11 bits per heavy atom. The first kappa shape index (κ1) is 12.4. The quantitative estimate of drug-likeness (QED) is 0.696. The summed E-state index contributed by atoms with van der Waals surface area (Å²) in [6.07, 6.45) is 3.28. The molecule has 0 unspecified atom stereocenters. The van der Waals surface area contributed by atoms with Crippen molar-refractivity contribution in [3.8, 4) is 0 Å². The number of nitrogens with two attached hydrogens (primary N) is 2. The van der Waals surface area contributed by atoms with Crippen molar-refractivity contribution in [3.05, 3.63) is 30.6 Å². The van der Waals surface area contributed by atoms with Crippen molar-refractivity contribution in [2.24, 2.45) is 12.2 Å². The van der Waals surface area contributed by atoms with Gasteiger partial charge in [0.1, 0.15) is 4.90 Å². The Labute approximate surface area is 104 Å². The average Bonchev–Trinajstić information content (AvgIpc) is 2.65. The number of sulfonamides is 1. The molecule has 0 aliphatic heterocycles. The second kappa shape index (κ2) is 4.31. The third-order valence-electron chi connectivity index (χ3n) is 2.30. The van der Waals surface area contributed by atoms with Crippen molar-refractivity contribution in [1.29, 1.82) is 0 Å². The van der Waals surface area contributed by atoms with E-state index in [2.05, 4.69) is 10.4 Å². The van der Waals surface area contributed by atoms with E-state index in [1.54, 1.807) is 36.3 Å². The Morgan fingerprint density at radius 3 is 2.67 bits per heavy atom. The normalized spacial score (nSPS) is 11.4. The van der Waals surface area contributed by atoms with Gasteiger partial charge in [-0.15, -0.1) is 0 Å². The molecule has 0 fully saturated rings. The van der Waals surface area contributed by atoms with Gasteiger partial charge in [-0.25, -0.2) is 13.6 Å². The molecule has 0 aliphatic carbocycles. The lowest BCUT2D eigenvalue weighted by molar-refractivity contribution is 0.598. The number of rotatable bonds is 3. The van der Waals surface area contributed by atoms with E-state index in [4.69, 9.17) is 10.9 Å². The number of hydrogen-bond donors (Lipinski definition) is 3. The highest BCUT2D eigenvalue weighted by atomic mass is 32.2. The van der Waals surface area contributed by atoms with Gasteiger partial charge in [0.05, 0.1) is 17.6 Å². The number of primary sulfonamides is 1. The van der Waals surface area contributed by atoms with Crippen LogP contribution in [0.4, 0.5) is 17.1 Å². The number of nitrogen functional groups attached to an aromatic ring is 1. The summed E-state index contributed by atoms with van der Waals surface area (Å²) in [6, 6.07) is 4.46. The maximum Gasteiger partial charge on any atom is 0.240 e. The SMILES string of the molecule is Cn1cc(Nc2ccc(N)cc2S(N)(=O)=O)cn1. The van der Waals surface area contributed by atoms with Gasteiger partial charge in [-0.3, -0.25) is 4.68 Å². The van der Waals surface area contributed by atoms with Gasteiger partial charge >= 0.3 is 0 Å². The Bertz CT molecular complexity index is 677. The van der Waals surface area contributed by atoms with Crippen LogP contribution in [0.25, 0.3) is 0 Å². The van der Waals surface area contributed by atoms with Crippen LogP contribution in [0.3, 0.4) is 0 Å². The zero-order valence-electron chi connectivity index (χ0n) is 9.66. The molecule has 0 bridgehead atoms. The molecule has 0 atom stereocenters. The van der Waals surface area contributed by atoms with Gasteiger partial charge in [-0.1, -0.05) is 0 Å². The van der Waals surface area contributed by atoms with E-state index in [-0.39, 0.29) is 4.90 Å². The van der Waals surface area contributed by atoms with Crippen LogP contribution in [0.2, 0.25) is 0 Å². The predicted octanol–water partition coefficient (Wildman–Crippen LogP) is 0.393. The molecule has 1 aromatic heterocycles. The monoisotopic (exact) mass is 267 g/mol. The van der Waals surface area contributed by atoms with E-state index in [9.17, 15) is 8.42 Å². The number of hydrogen-bond acceptors (Lipinski definition) is 5. The maximum atomic E-state index is 11.5. The number of benzene rings is 1. The van der Waals surface area contributed by atoms with Gasteiger partial charge < -0.3 is 11.1 Å². The number of nitrogens with one attached hydrogen (secondary N) is 1. The summed E-state index contributed by atoms with van der Waals surface area (Å²) >= 11 is 0. The molecule has 7 nitrogen and oxygen atoms in total. The number of aromatic nitrogens is 2. The summed E-state index contributed by atoms with van der Waals surface area (Å²) in [5, 5.41) is 12.0.